The molecule has 1 aliphatic heterocycles. The summed E-state index contributed by atoms with van der Waals surface area (Å²) in [5.74, 6) is 1.26. The van der Waals surface area contributed by atoms with Gasteiger partial charge in [0.05, 0.1) is 6.61 Å². The minimum Gasteiger partial charge on any atom is -0.381 e. The predicted octanol–water partition coefficient (Wildman–Crippen LogP) is 3.31. The normalized spacial score (nSPS) is 21.8. The van der Waals surface area contributed by atoms with Gasteiger partial charge in [-0.05, 0) is 23.5 Å². The second-order valence-electron chi connectivity index (χ2n) is 4.39. The molecule has 1 fully saturated rings. The second kappa shape index (κ2) is 4.14. The van der Waals surface area contributed by atoms with Gasteiger partial charge in [-0.3, -0.25) is 0 Å². The van der Waals surface area contributed by atoms with Gasteiger partial charge in [0.1, 0.15) is 0 Å². The summed E-state index contributed by atoms with van der Waals surface area (Å²) >= 11 is 0. The van der Waals surface area contributed by atoms with Crippen molar-refractivity contribution in [1.82, 2.24) is 0 Å². The molecule has 2 rings (SSSR count). The van der Waals surface area contributed by atoms with Gasteiger partial charge >= 0.3 is 0 Å². The molecule has 1 nitrogen and oxygen atoms in total. The highest BCUT2D eigenvalue weighted by molar-refractivity contribution is 5.28. The van der Waals surface area contributed by atoms with Crippen LogP contribution in [0.3, 0.4) is 0 Å². The maximum Gasteiger partial charge on any atom is 0.0535 e. The summed E-state index contributed by atoms with van der Waals surface area (Å²) in [6, 6.07) is 8.95. The number of rotatable bonds is 2. The first-order valence-electron chi connectivity index (χ1n) is 5.45. The van der Waals surface area contributed by atoms with Crippen LogP contribution in [-0.4, -0.2) is 13.2 Å². The molecule has 0 unspecified atom stereocenters. The van der Waals surface area contributed by atoms with Gasteiger partial charge in [-0.25, -0.2) is 0 Å². The summed E-state index contributed by atoms with van der Waals surface area (Å²) in [5.41, 5.74) is 2.89. The van der Waals surface area contributed by atoms with E-state index in [0.717, 1.165) is 13.2 Å². The summed E-state index contributed by atoms with van der Waals surface area (Å²) in [6.45, 7) is 6.31. The zero-order chi connectivity index (χ0) is 9.97. The van der Waals surface area contributed by atoms with Gasteiger partial charge in [0.25, 0.3) is 0 Å². The van der Waals surface area contributed by atoms with Crippen molar-refractivity contribution >= 4 is 0 Å². The Kier molecular flexibility index (Phi) is 2.87. The smallest absolute Gasteiger partial charge is 0.0535 e. The highest BCUT2D eigenvalue weighted by atomic mass is 16.5. The summed E-state index contributed by atoms with van der Waals surface area (Å²) in [7, 11) is 0. The van der Waals surface area contributed by atoms with E-state index in [9.17, 15) is 0 Å². The van der Waals surface area contributed by atoms with Crippen molar-refractivity contribution in [3.05, 3.63) is 35.4 Å². The van der Waals surface area contributed by atoms with Crippen molar-refractivity contribution < 1.29 is 4.74 Å². The monoisotopic (exact) mass is 190 g/mol. The van der Waals surface area contributed by atoms with Crippen LogP contribution in [0, 0.1) is 0 Å². The lowest BCUT2D eigenvalue weighted by Crippen LogP contribution is -1.98. The predicted molar refractivity (Wildman–Crippen MR) is 58.7 cm³/mol. The van der Waals surface area contributed by atoms with E-state index < -0.39 is 0 Å². The molecule has 0 bridgehead atoms. The lowest BCUT2D eigenvalue weighted by atomic mass is 9.93. The van der Waals surface area contributed by atoms with Crippen LogP contribution in [0.4, 0.5) is 0 Å². The van der Waals surface area contributed by atoms with E-state index in [1.807, 2.05) is 0 Å². The fourth-order valence-electron chi connectivity index (χ4n) is 1.97. The van der Waals surface area contributed by atoms with Crippen LogP contribution in [0.1, 0.15) is 43.2 Å². The lowest BCUT2D eigenvalue weighted by molar-refractivity contribution is 0.194. The largest absolute Gasteiger partial charge is 0.381 e. The van der Waals surface area contributed by atoms with Gasteiger partial charge in [-0.1, -0.05) is 38.1 Å². The topological polar surface area (TPSA) is 9.23 Å². The van der Waals surface area contributed by atoms with Gasteiger partial charge < -0.3 is 4.74 Å². The van der Waals surface area contributed by atoms with Crippen LogP contribution >= 0.6 is 0 Å². The third kappa shape index (κ3) is 1.98. The van der Waals surface area contributed by atoms with Crippen LogP contribution in [-0.2, 0) is 4.74 Å². The molecule has 14 heavy (non-hydrogen) atoms. The molecular weight excluding hydrogens is 172 g/mol. The number of hydrogen-bond donors (Lipinski definition) is 0. The van der Waals surface area contributed by atoms with Crippen molar-refractivity contribution in [2.24, 2.45) is 0 Å². The molecule has 76 valence electrons. The molecule has 1 saturated heterocycles. The van der Waals surface area contributed by atoms with Crippen molar-refractivity contribution in [3.8, 4) is 0 Å². The Balaban J connectivity index is 2.21. The highest BCUT2D eigenvalue weighted by Crippen LogP contribution is 2.27. The van der Waals surface area contributed by atoms with E-state index in [4.69, 9.17) is 4.74 Å². The Bertz CT molecular complexity index is 298. The average Bonchev–Trinajstić information content (AvgIpc) is 2.71. The van der Waals surface area contributed by atoms with Crippen LogP contribution < -0.4 is 0 Å². The van der Waals surface area contributed by atoms with Crippen molar-refractivity contribution in [1.29, 1.82) is 0 Å². The standard InChI is InChI=1S/C13H18O/c1-10(2)11-4-3-5-12(8-11)13-6-7-14-9-13/h3-5,8,10,13H,6-7,9H2,1-2H3/t13-/m0/s1. The zero-order valence-corrected chi connectivity index (χ0v) is 8.99. The molecule has 1 atom stereocenters. The molecular formula is C13H18O. The first-order chi connectivity index (χ1) is 6.77. The number of hydrogen-bond acceptors (Lipinski definition) is 1. The highest BCUT2D eigenvalue weighted by Gasteiger charge is 2.17. The molecule has 0 aromatic heterocycles. The SMILES string of the molecule is CC(C)c1cccc([C@H]2CCOC2)c1. The molecule has 0 aliphatic carbocycles. The Morgan fingerprint density at radius 1 is 1.36 bits per heavy atom. The lowest BCUT2D eigenvalue weighted by Gasteiger charge is -2.11. The molecule has 1 aromatic rings. The summed E-state index contributed by atoms with van der Waals surface area (Å²) in [4.78, 5) is 0. The Morgan fingerprint density at radius 2 is 2.21 bits per heavy atom. The van der Waals surface area contributed by atoms with Crippen LogP contribution in [0.2, 0.25) is 0 Å². The summed E-state index contributed by atoms with van der Waals surface area (Å²) in [5, 5.41) is 0. The molecule has 0 spiro atoms. The average molecular weight is 190 g/mol. The molecule has 0 N–H and O–H groups in total. The van der Waals surface area contributed by atoms with Gasteiger partial charge in [0, 0.05) is 12.5 Å². The third-order valence-electron chi connectivity index (χ3n) is 2.98. The van der Waals surface area contributed by atoms with Crippen molar-refractivity contribution in [2.45, 2.75) is 32.1 Å². The second-order valence-corrected chi connectivity index (χ2v) is 4.39. The van der Waals surface area contributed by atoms with E-state index in [1.54, 1.807) is 0 Å². The fourth-order valence-corrected chi connectivity index (χ4v) is 1.97. The molecule has 0 saturated carbocycles. The van der Waals surface area contributed by atoms with E-state index >= 15 is 0 Å². The van der Waals surface area contributed by atoms with Crippen LogP contribution in [0.25, 0.3) is 0 Å². The van der Waals surface area contributed by atoms with E-state index in [0.29, 0.717) is 11.8 Å². The maximum absolute atomic E-state index is 5.41. The molecule has 1 aromatic carbocycles. The Morgan fingerprint density at radius 3 is 2.86 bits per heavy atom. The van der Waals surface area contributed by atoms with Crippen molar-refractivity contribution in [2.75, 3.05) is 13.2 Å². The van der Waals surface area contributed by atoms with E-state index in [1.165, 1.54) is 17.5 Å². The minimum atomic E-state index is 0.622. The molecule has 0 radical (unpaired) electrons. The molecule has 1 heterocycles. The van der Waals surface area contributed by atoms with Gasteiger partial charge in [-0.15, -0.1) is 0 Å². The fraction of sp³-hybridized carbons (Fsp3) is 0.538. The molecule has 1 aliphatic rings. The van der Waals surface area contributed by atoms with E-state index in [-0.39, 0.29) is 0 Å². The quantitative estimate of drug-likeness (QED) is 0.695. The Labute approximate surface area is 86.1 Å². The minimum absolute atomic E-state index is 0.622. The Hall–Kier alpha value is -0.820. The van der Waals surface area contributed by atoms with Crippen LogP contribution in [0.5, 0.6) is 0 Å². The first-order valence-corrected chi connectivity index (χ1v) is 5.45. The van der Waals surface area contributed by atoms with Gasteiger partial charge in [0.2, 0.25) is 0 Å². The summed E-state index contributed by atoms with van der Waals surface area (Å²) < 4.78 is 5.41. The van der Waals surface area contributed by atoms with Gasteiger partial charge in [-0.2, -0.15) is 0 Å². The maximum atomic E-state index is 5.41. The van der Waals surface area contributed by atoms with Crippen molar-refractivity contribution in [3.63, 3.8) is 0 Å². The first kappa shape index (κ1) is 9.72. The summed E-state index contributed by atoms with van der Waals surface area (Å²) in [6.07, 6.45) is 1.18. The third-order valence-corrected chi connectivity index (χ3v) is 2.98. The number of ether oxygens (including phenoxy) is 1. The van der Waals surface area contributed by atoms with Crippen LogP contribution in [0.15, 0.2) is 24.3 Å². The number of benzene rings is 1. The van der Waals surface area contributed by atoms with Gasteiger partial charge in [0.15, 0.2) is 0 Å². The van der Waals surface area contributed by atoms with E-state index in [2.05, 4.69) is 38.1 Å². The molecule has 0 amide bonds. The zero-order valence-electron chi connectivity index (χ0n) is 8.99. The molecule has 1 heteroatoms.